The first kappa shape index (κ1) is 16.3. The van der Waals surface area contributed by atoms with Gasteiger partial charge in [0.2, 0.25) is 5.28 Å². The van der Waals surface area contributed by atoms with Crippen molar-refractivity contribution >= 4 is 29.0 Å². The van der Waals surface area contributed by atoms with E-state index in [9.17, 15) is 13.2 Å². The van der Waals surface area contributed by atoms with Crippen LogP contribution in [0, 0.1) is 6.92 Å². The number of rotatable bonds is 1. The van der Waals surface area contributed by atoms with Crippen molar-refractivity contribution in [3.63, 3.8) is 0 Å². The van der Waals surface area contributed by atoms with E-state index in [1.165, 1.54) is 0 Å². The zero-order valence-corrected chi connectivity index (χ0v) is 13.5. The van der Waals surface area contributed by atoms with Crippen LogP contribution in [0.4, 0.5) is 19.0 Å². The molecule has 4 nitrogen and oxygen atoms in total. The third-order valence-corrected chi connectivity index (χ3v) is 4.24. The molecule has 0 N–H and O–H groups in total. The van der Waals surface area contributed by atoms with Gasteiger partial charge in [-0.1, -0.05) is 11.6 Å². The van der Waals surface area contributed by atoms with Gasteiger partial charge in [-0.25, -0.2) is 9.97 Å². The molecule has 9 heteroatoms. The highest BCUT2D eigenvalue weighted by Crippen LogP contribution is 2.33. The molecule has 0 aromatic carbocycles. The SMILES string of the molecule is Cc1c(Cl)nc(Cl)nc1N1CCc2ncc(C(F)(F)F)cc2C1. The molecule has 0 saturated carbocycles. The van der Waals surface area contributed by atoms with Crippen molar-refractivity contribution in [2.75, 3.05) is 11.4 Å². The second-order valence-corrected chi connectivity index (χ2v) is 5.93. The molecule has 0 amide bonds. The van der Waals surface area contributed by atoms with Crippen LogP contribution in [0.3, 0.4) is 0 Å². The van der Waals surface area contributed by atoms with Crippen molar-refractivity contribution < 1.29 is 13.2 Å². The van der Waals surface area contributed by atoms with Crippen molar-refractivity contribution in [3.8, 4) is 0 Å². The Balaban J connectivity index is 1.97. The summed E-state index contributed by atoms with van der Waals surface area (Å²) in [6.45, 7) is 2.57. The van der Waals surface area contributed by atoms with Crippen LogP contribution in [0.1, 0.15) is 22.4 Å². The van der Waals surface area contributed by atoms with Crippen LogP contribution >= 0.6 is 23.2 Å². The summed E-state index contributed by atoms with van der Waals surface area (Å²) in [5.41, 5.74) is 1.07. The van der Waals surface area contributed by atoms with Gasteiger partial charge in [-0.2, -0.15) is 13.2 Å². The molecule has 2 aromatic heterocycles. The lowest BCUT2D eigenvalue weighted by atomic mass is 10.0. The summed E-state index contributed by atoms with van der Waals surface area (Å²) in [6.07, 6.45) is -3.02. The summed E-state index contributed by atoms with van der Waals surface area (Å²) in [4.78, 5) is 13.8. The van der Waals surface area contributed by atoms with Crippen LogP contribution < -0.4 is 4.90 Å². The van der Waals surface area contributed by atoms with Gasteiger partial charge in [0.05, 0.1) is 5.56 Å². The number of alkyl halides is 3. The van der Waals surface area contributed by atoms with Gasteiger partial charge < -0.3 is 4.90 Å². The Bertz CT molecular complexity index is 764. The highest BCUT2D eigenvalue weighted by molar-refractivity contribution is 6.32. The van der Waals surface area contributed by atoms with Gasteiger partial charge in [-0.15, -0.1) is 0 Å². The summed E-state index contributed by atoms with van der Waals surface area (Å²) in [5, 5.41) is 0.233. The second kappa shape index (κ2) is 5.79. The van der Waals surface area contributed by atoms with Gasteiger partial charge in [0.15, 0.2) is 0 Å². The smallest absolute Gasteiger partial charge is 0.351 e. The Morgan fingerprint density at radius 1 is 1.22 bits per heavy atom. The van der Waals surface area contributed by atoms with Crippen LogP contribution in [-0.2, 0) is 19.1 Å². The fraction of sp³-hybridized carbons (Fsp3) is 0.357. The Morgan fingerprint density at radius 2 is 1.96 bits per heavy atom. The molecule has 0 fully saturated rings. The third-order valence-electron chi connectivity index (χ3n) is 3.70. The molecule has 0 atom stereocenters. The molecule has 122 valence electrons. The van der Waals surface area contributed by atoms with Gasteiger partial charge in [0.1, 0.15) is 11.0 Å². The highest BCUT2D eigenvalue weighted by atomic mass is 35.5. The number of hydrogen-bond acceptors (Lipinski definition) is 4. The molecule has 0 saturated heterocycles. The number of halogens is 5. The van der Waals surface area contributed by atoms with E-state index in [-0.39, 0.29) is 17.0 Å². The summed E-state index contributed by atoms with van der Waals surface area (Å²) < 4.78 is 38.5. The van der Waals surface area contributed by atoms with Crippen LogP contribution in [0.5, 0.6) is 0 Å². The van der Waals surface area contributed by atoms with Crippen molar-refractivity contribution in [3.05, 3.63) is 45.1 Å². The van der Waals surface area contributed by atoms with Gasteiger partial charge in [-0.05, 0) is 30.2 Å². The lowest BCUT2D eigenvalue weighted by Crippen LogP contribution is -2.32. The summed E-state index contributed by atoms with van der Waals surface area (Å²) in [7, 11) is 0. The maximum absolute atomic E-state index is 12.8. The lowest BCUT2D eigenvalue weighted by Gasteiger charge is -2.30. The molecule has 1 aliphatic rings. The number of fused-ring (bicyclic) bond motifs is 1. The van der Waals surface area contributed by atoms with Crippen molar-refractivity contribution in [1.82, 2.24) is 15.0 Å². The van der Waals surface area contributed by atoms with E-state index in [2.05, 4.69) is 15.0 Å². The number of anilines is 1. The molecule has 0 aliphatic carbocycles. The van der Waals surface area contributed by atoms with Gasteiger partial charge in [-0.3, -0.25) is 4.98 Å². The Kier molecular flexibility index (Phi) is 4.10. The second-order valence-electron chi connectivity index (χ2n) is 5.23. The zero-order chi connectivity index (χ0) is 16.8. The maximum atomic E-state index is 12.8. The largest absolute Gasteiger partial charge is 0.417 e. The average molecular weight is 363 g/mol. The molecule has 3 rings (SSSR count). The van der Waals surface area contributed by atoms with Crippen LogP contribution in [0.25, 0.3) is 0 Å². The topological polar surface area (TPSA) is 41.9 Å². The van der Waals surface area contributed by atoms with Crippen molar-refractivity contribution in [2.45, 2.75) is 26.1 Å². The molecule has 0 bridgehead atoms. The first-order valence-electron chi connectivity index (χ1n) is 6.75. The minimum absolute atomic E-state index is 0.00330. The predicted octanol–water partition coefficient (Wildman–Crippen LogP) is 4.07. The highest BCUT2D eigenvalue weighted by Gasteiger charge is 2.32. The van der Waals surface area contributed by atoms with E-state index in [4.69, 9.17) is 23.2 Å². The number of nitrogens with zero attached hydrogens (tertiary/aromatic N) is 4. The summed E-state index contributed by atoms with van der Waals surface area (Å²) in [5.74, 6) is 0.526. The Hall–Kier alpha value is -1.60. The molecular weight excluding hydrogens is 352 g/mol. The standard InChI is InChI=1S/C14H11Cl2F3N4/c1-7-11(15)21-13(16)22-12(7)23-3-2-10-8(6-23)4-9(5-20-10)14(17,18)19/h4-5H,2-3,6H2,1H3. The first-order chi connectivity index (χ1) is 10.8. The molecule has 3 heterocycles. The monoisotopic (exact) mass is 362 g/mol. The van der Waals surface area contributed by atoms with E-state index >= 15 is 0 Å². The number of pyridine rings is 1. The molecule has 1 aliphatic heterocycles. The first-order valence-corrected chi connectivity index (χ1v) is 7.51. The molecule has 2 aromatic rings. The van der Waals surface area contributed by atoms with Crippen molar-refractivity contribution in [1.29, 1.82) is 0 Å². The van der Waals surface area contributed by atoms with Gasteiger partial charge in [0.25, 0.3) is 0 Å². The minimum atomic E-state index is -4.41. The maximum Gasteiger partial charge on any atom is 0.417 e. The minimum Gasteiger partial charge on any atom is -0.351 e. The van der Waals surface area contributed by atoms with Gasteiger partial charge >= 0.3 is 6.18 Å². The summed E-state index contributed by atoms with van der Waals surface area (Å²) >= 11 is 11.8. The quantitative estimate of drug-likeness (QED) is 0.566. The van der Waals surface area contributed by atoms with Crippen LogP contribution in [0.15, 0.2) is 12.3 Å². The molecule has 0 unspecified atom stereocenters. The Morgan fingerprint density at radius 3 is 2.65 bits per heavy atom. The van der Waals surface area contributed by atoms with E-state index < -0.39 is 11.7 Å². The molecule has 0 radical (unpaired) electrons. The van der Waals surface area contributed by atoms with Gasteiger partial charge in [0, 0.05) is 37.0 Å². The molecule has 0 spiro atoms. The molecular formula is C14H11Cl2F3N4. The predicted molar refractivity (Wildman–Crippen MR) is 80.8 cm³/mol. The Labute approximate surface area is 140 Å². The van der Waals surface area contributed by atoms with E-state index in [0.29, 0.717) is 35.6 Å². The fourth-order valence-electron chi connectivity index (χ4n) is 2.52. The van der Waals surface area contributed by atoms with Crippen molar-refractivity contribution in [2.24, 2.45) is 0 Å². The normalized spacial score (nSPS) is 14.8. The van der Waals surface area contributed by atoms with E-state index in [0.717, 1.165) is 12.3 Å². The zero-order valence-electron chi connectivity index (χ0n) is 12.0. The lowest BCUT2D eigenvalue weighted by molar-refractivity contribution is -0.137. The average Bonchev–Trinajstić information content (AvgIpc) is 2.49. The number of hydrogen-bond donors (Lipinski definition) is 0. The molecule has 23 heavy (non-hydrogen) atoms. The van der Waals surface area contributed by atoms with E-state index in [1.807, 2.05) is 4.90 Å². The van der Waals surface area contributed by atoms with Crippen LogP contribution in [-0.4, -0.2) is 21.5 Å². The summed E-state index contributed by atoms with van der Waals surface area (Å²) in [6, 6.07) is 1.13. The van der Waals surface area contributed by atoms with E-state index in [1.54, 1.807) is 6.92 Å². The van der Waals surface area contributed by atoms with Crippen LogP contribution in [0.2, 0.25) is 10.4 Å². The fourth-order valence-corrected chi connectivity index (χ4v) is 2.90. The third kappa shape index (κ3) is 3.21. The number of aromatic nitrogens is 3.